The van der Waals surface area contributed by atoms with E-state index in [4.69, 9.17) is 0 Å². The molecule has 4 rings (SSSR count). The van der Waals surface area contributed by atoms with Gasteiger partial charge in [0.1, 0.15) is 0 Å². The number of hydrogen-bond donors (Lipinski definition) is 0. The van der Waals surface area contributed by atoms with Crippen LogP contribution in [0.3, 0.4) is 0 Å². The van der Waals surface area contributed by atoms with Crippen LogP contribution in [-0.2, 0) is 6.42 Å². The van der Waals surface area contributed by atoms with Gasteiger partial charge in [0.2, 0.25) is 0 Å². The third-order valence-electron chi connectivity index (χ3n) is 4.69. The molecule has 3 aliphatic rings. The summed E-state index contributed by atoms with van der Waals surface area (Å²) in [5.74, 6) is 1.73. The van der Waals surface area contributed by atoms with Crippen LogP contribution in [0.5, 0.6) is 0 Å². The summed E-state index contributed by atoms with van der Waals surface area (Å²) in [7, 11) is 0. The number of aryl methyl sites for hydroxylation is 1. The molecule has 0 aromatic heterocycles. The number of fused-ring (bicyclic) bond motifs is 4. The zero-order valence-electron chi connectivity index (χ0n) is 10.4. The Morgan fingerprint density at radius 1 is 1.06 bits per heavy atom. The van der Waals surface area contributed by atoms with E-state index in [9.17, 15) is 0 Å². The van der Waals surface area contributed by atoms with E-state index in [2.05, 4.69) is 37.3 Å². The minimum atomic E-state index is 0.856. The Balaban J connectivity index is 1.95. The number of benzene rings is 1. The Morgan fingerprint density at radius 3 is 2.88 bits per heavy atom. The second kappa shape index (κ2) is 3.35. The summed E-state index contributed by atoms with van der Waals surface area (Å²) in [6, 6.07) is 9.07. The Kier molecular flexibility index (Phi) is 1.91. The molecule has 0 spiro atoms. The summed E-state index contributed by atoms with van der Waals surface area (Å²) in [6.07, 6.45) is 7.75. The first-order chi connectivity index (χ1) is 8.34. The summed E-state index contributed by atoms with van der Waals surface area (Å²) < 4.78 is 0. The monoisotopic (exact) mass is 222 g/mol. The molecule has 1 aromatic carbocycles. The molecule has 0 radical (unpaired) electrons. The van der Waals surface area contributed by atoms with E-state index < -0.39 is 0 Å². The van der Waals surface area contributed by atoms with E-state index in [1.54, 1.807) is 27.8 Å². The van der Waals surface area contributed by atoms with E-state index in [0.29, 0.717) is 0 Å². The summed E-state index contributed by atoms with van der Waals surface area (Å²) in [5, 5.41) is 0. The van der Waals surface area contributed by atoms with Crippen molar-refractivity contribution in [2.75, 3.05) is 0 Å². The lowest BCUT2D eigenvalue weighted by atomic mass is 9.87. The highest BCUT2D eigenvalue weighted by Gasteiger charge is 2.45. The van der Waals surface area contributed by atoms with Crippen LogP contribution in [0.15, 0.2) is 41.5 Å². The van der Waals surface area contributed by atoms with Gasteiger partial charge in [-0.25, -0.2) is 0 Å². The highest BCUT2D eigenvalue weighted by atomic mass is 14.5. The average Bonchev–Trinajstić information content (AvgIpc) is 3.10. The number of hydrogen-bond acceptors (Lipinski definition) is 0. The zero-order valence-corrected chi connectivity index (χ0v) is 10.4. The van der Waals surface area contributed by atoms with Crippen LogP contribution in [0.1, 0.15) is 37.3 Å². The quantitative estimate of drug-likeness (QED) is 0.611. The second-order valence-corrected chi connectivity index (χ2v) is 5.79. The highest BCUT2D eigenvalue weighted by Crippen LogP contribution is 2.57. The van der Waals surface area contributed by atoms with Gasteiger partial charge in [-0.3, -0.25) is 0 Å². The van der Waals surface area contributed by atoms with Crippen molar-refractivity contribution in [3.05, 3.63) is 52.6 Å². The van der Waals surface area contributed by atoms with Crippen molar-refractivity contribution >= 4 is 5.57 Å². The molecule has 0 amide bonds. The van der Waals surface area contributed by atoms with Gasteiger partial charge in [-0.05, 0) is 66.7 Å². The average molecular weight is 222 g/mol. The van der Waals surface area contributed by atoms with Crippen molar-refractivity contribution < 1.29 is 0 Å². The number of rotatable bonds is 0. The molecule has 0 saturated heterocycles. The Morgan fingerprint density at radius 2 is 1.94 bits per heavy atom. The van der Waals surface area contributed by atoms with Crippen molar-refractivity contribution in [3.63, 3.8) is 0 Å². The maximum atomic E-state index is 2.49. The summed E-state index contributed by atoms with van der Waals surface area (Å²) in [5.41, 5.74) is 8.13. The standard InChI is InChI=1S/C17H18/c1-11-9-13-7-4-6-12-5-2-3-8-14(12)17(13)16-10-15(11)16/h2-3,5,8-9,15-16H,4,6-7,10H2,1H3. The first kappa shape index (κ1) is 9.70. The SMILES string of the molecule is CC1=CC2=C(c3ccccc3CCC2)C2CC12. The van der Waals surface area contributed by atoms with Crippen molar-refractivity contribution in [2.45, 2.75) is 32.6 Å². The van der Waals surface area contributed by atoms with Crippen molar-refractivity contribution in [3.8, 4) is 0 Å². The number of allylic oxidation sites excluding steroid dienone is 4. The Bertz CT molecular complexity index is 545. The lowest BCUT2D eigenvalue weighted by Crippen LogP contribution is -2.01. The van der Waals surface area contributed by atoms with E-state index in [1.807, 2.05) is 0 Å². The van der Waals surface area contributed by atoms with Crippen LogP contribution in [0.4, 0.5) is 0 Å². The second-order valence-electron chi connectivity index (χ2n) is 5.79. The Labute approximate surface area is 103 Å². The molecular formula is C17H18. The molecule has 2 unspecified atom stereocenters. The molecule has 0 heterocycles. The fourth-order valence-electron chi connectivity index (χ4n) is 3.76. The molecule has 1 saturated carbocycles. The van der Waals surface area contributed by atoms with Crippen LogP contribution in [0, 0.1) is 11.8 Å². The maximum absolute atomic E-state index is 2.49. The van der Waals surface area contributed by atoms with Gasteiger partial charge in [0, 0.05) is 0 Å². The molecule has 0 nitrogen and oxygen atoms in total. The fraction of sp³-hybridized carbons (Fsp3) is 0.412. The van der Waals surface area contributed by atoms with Gasteiger partial charge in [0.15, 0.2) is 0 Å². The van der Waals surface area contributed by atoms with E-state index in [1.165, 1.54) is 25.7 Å². The molecule has 86 valence electrons. The smallest absolute Gasteiger partial charge is 0.00814 e. The Hall–Kier alpha value is -1.30. The highest BCUT2D eigenvalue weighted by molar-refractivity contribution is 5.79. The van der Waals surface area contributed by atoms with Crippen molar-refractivity contribution in [1.29, 1.82) is 0 Å². The minimum Gasteiger partial charge on any atom is -0.0693 e. The molecule has 2 atom stereocenters. The van der Waals surface area contributed by atoms with Gasteiger partial charge in [-0.1, -0.05) is 35.9 Å². The van der Waals surface area contributed by atoms with Crippen LogP contribution in [0.25, 0.3) is 5.57 Å². The third kappa shape index (κ3) is 1.36. The van der Waals surface area contributed by atoms with Crippen molar-refractivity contribution in [2.24, 2.45) is 11.8 Å². The molecule has 17 heavy (non-hydrogen) atoms. The van der Waals surface area contributed by atoms with Gasteiger partial charge in [0.25, 0.3) is 0 Å². The van der Waals surface area contributed by atoms with Crippen LogP contribution in [-0.4, -0.2) is 0 Å². The molecule has 0 aliphatic heterocycles. The topological polar surface area (TPSA) is 0 Å². The van der Waals surface area contributed by atoms with E-state index >= 15 is 0 Å². The third-order valence-corrected chi connectivity index (χ3v) is 4.69. The lowest BCUT2D eigenvalue weighted by molar-refractivity contribution is 0.822. The predicted molar refractivity (Wildman–Crippen MR) is 71.7 cm³/mol. The molecule has 1 fully saturated rings. The normalized spacial score (nSPS) is 29.8. The van der Waals surface area contributed by atoms with Gasteiger partial charge >= 0.3 is 0 Å². The summed E-state index contributed by atoms with van der Waals surface area (Å²) >= 11 is 0. The largest absolute Gasteiger partial charge is 0.0693 e. The summed E-state index contributed by atoms with van der Waals surface area (Å²) in [4.78, 5) is 0. The van der Waals surface area contributed by atoms with Crippen LogP contribution in [0.2, 0.25) is 0 Å². The summed E-state index contributed by atoms with van der Waals surface area (Å²) in [6.45, 7) is 2.32. The van der Waals surface area contributed by atoms with Crippen LogP contribution < -0.4 is 0 Å². The van der Waals surface area contributed by atoms with E-state index in [-0.39, 0.29) is 0 Å². The molecule has 1 aromatic rings. The zero-order chi connectivity index (χ0) is 11.4. The first-order valence-electron chi connectivity index (χ1n) is 6.84. The fourth-order valence-corrected chi connectivity index (χ4v) is 3.76. The van der Waals surface area contributed by atoms with Gasteiger partial charge < -0.3 is 0 Å². The molecular weight excluding hydrogens is 204 g/mol. The molecule has 3 aliphatic carbocycles. The van der Waals surface area contributed by atoms with Gasteiger partial charge in [-0.15, -0.1) is 0 Å². The van der Waals surface area contributed by atoms with Crippen molar-refractivity contribution in [1.82, 2.24) is 0 Å². The minimum absolute atomic E-state index is 0.856. The predicted octanol–water partition coefficient (Wildman–Crippen LogP) is 4.37. The lowest BCUT2D eigenvalue weighted by Gasteiger charge is -2.18. The molecule has 0 heteroatoms. The first-order valence-corrected chi connectivity index (χ1v) is 6.84. The van der Waals surface area contributed by atoms with Gasteiger partial charge in [0.05, 0.1) is 0 Å². The molecule has 0 N–H and O–H groups in total. The maximum Gasteiger partial charge on any atom is -0.00814 e. The van der Waals surface area contributed by atoms with Crippen LogP contribution >= 0.6 is 0 Å². The van der Waals surface area contributed by atoms with Gasteiger partial charge in [-0.2, -0.15) is 0 Å². The molecule has 0 bridgehead atoms. The van der Waals surface area contributed by atoms with E-state index in [0.717, 1.165) is 11.8 Å².